The number of hydrogen-bond donors (Lipinski definition) is 4. The molecule has 0 bridgehead atoms. The largest absolute Gasteiger partial charge is 0.463 e. The molecule has 0 aliphatic heterocycles. The van der Waals surface area contributed by atoms with Crippen molar-refractivity contribution in [2.75, 3.05) is 13.2 Å². The highest BCUT2D eigenvalue weighted by Crippen LogP contribution is 2.40. The Hall–Kier alpha value is -2.26. The second-order valence-corrected chi connectivity index (χ2v) is 10.6. The fourth-order valence-corrected chi connectivity index (χ4v) is 5.03. The third-order valence-corrected chi connectivity index (χ3v) is 7.17. The van der Waals surface area contributed by atoms with Crippen LogP contribution in [0.3, 0.4) is 0 Å². The highest BCUT2D eigenvalue weighted by molar-refractivity contribution is 5.73. The molecule has 38 heavy (non-hydrogen) atoms. The van der Waals surface area contributed by atoms with Gasteiger partial charge in [-0.3, -0.25) is 9.59 Å². The van der Waals surface area contributed by atoms with Gasteiger partial charge < -0.3 is 29.9 Å². The van der Waals surface area contributed by atoms with Crippen LogP contribution < -0.4 is 0 Å². The lowest BCUT2D eigenvalue weighted by Crippen LogP contribution is -2.32. The van der Waals surface area contributed by atoms with E-state index in [0.29, 0.717) is 44.9 Å². The summed E-state index contributed by atoms with van der Waals surface area (Å²) in [5.74, 6) is -2.21. The molecule has 0 heterocycles. The molecule has 0 spiro atoms. The average molecular weight is 535 g/mol. The van der Waals surface area contributed by atoms with Crippen LogP contribution in [0.1, 0.15) is 70.8 Å². The van der Waals surface area contributed by atoms with Crippen molar-refractivity contribution in [2.24, 2.45) is 17.8 Å². The van der Waals surface area contributed by atoms with Gasteiger partial charge in [0.25, 0.3) is 0 Å². The monoisotopic (exact) mass is 534 g/mol. The van der Waals surface area contributed by atoms with Crippen LogP contribution in [0.2, 0.25) is 0 Å². The molecule has 1 unspecified atom stereocenters. The minimum atomic E-state index is -1.01. The summed E-state index contributed by atoms with van der Waals surface area (Å²) in [6.45, 7) is 2.62. The van der Waals surface area contributed by atoms with Gasteiger partial charge in [0.1, 0.15) is 12.0 Å². The number of benzene rings is 1. The van der Waals surface area contributed by atoms with Gasteiger partial charge >= 0.3 is 11.9 Å². The highest BCUT2D eigenvalue weighted by atomic mass is 16.5. The van der Waals surface area contributed by atoms with Crippen molar-refractivity contribution < 1.29 is 39.5 Å². The predicted octanol–water partition coefficient (Wildman–Crippen LogP) is 3.34. The number of rotatable bonds is 17. The van der Waals surface area contributed by atoms with Crippen LogP contribution in [-0.2, 0) is 25.5 Å². The first-order valence-corrected chi connectivity index (χ1v) is 13.9. The lowest BCUT2D eigenvalue weighted by Gasteiger charge is -2.26. The molecule has 2 rings (SSSR count). The van der Waals surface area contributed by atoms with Crippen molar-refractivity contribution in [2.45, 2.75) is 96.1 Å². The maximum absolute atomic E-state index is 12.4. The molecule has 1 fully saturated rings. The summed E-state index contributed by atoms with van der Waals surface area (Å²) in [4.78, 5) is 24.1. The molecule has 4 N–H and O–H groups in total. The number of ether oxygens (including phenoxy) is 2. The van der Waals surface area contributed by atoms with E-state index >= 15 is 0 Å². The molecule has 1 aliphatic carbocycles. The van der Waals surface area contributed by atoms with E-state index in [9.17, 15) is 30.0 Å². The standard InChI is InChI=1S/C30H46O8/c1-21(2)37-29(35)13-9-4-3-8-12-25-26(17-16-24(33)15-14-22-10-6-5-7-11-22)28(18-27(25)34)38-30(36)23(19-31)20-32/h3,5-8,10-11,21,23-28,31-34H,4,9,12-20H2,1-2H3/t24?,25-,26-,27+,28-/m1/s1. The Balaban J connectivity index is 1.94. The molecule has 5 atom stereocenters. The molecule has 0 amide bonds. The van der Waals surface area contributed by atoms with Crippen LogP contribution in [0.4, 0.5) is 0 Å². The number of hydrogen-bond acceptors (Lipinski definition) is 8. The van der Waals surface area contributed by atoms with Gasteiger partial charge in [-0.05, 0) is 70.3 Å². The van der Waals surface area contributed by atoms with Crippen LogP contribution in [0.5, 0.6) is 0 Å². The Morgan fingerprint density at radius 2 is 1.76 bits per heavy atom. The molecular weight excluding hydrogens is 488 g/mol. The van der Waals surface area contributed by atoms with E-state index < -0.39 is 43.4 Å². The van der Waals surface area contributed by atoms with Gasteiger partial charge in [0, 0.05) is 18.8 Å². The minimum Gasteiger partial charge on any atom is -0.463 e. The van der Waals surface area contributed by atoms with Crippen LogP contribution in [0.15, 0.2) is 42.5 Å². The summed E-state index contributed by atoms with van der Waals surface area (Å²) in [7, 11) is 0. The molecule has 0 saturated heterocycles. The van der Waals surface area contributed by atoms with Crippen molar-refractivity contribution >= 4 is 11.9 Å². The topological polar surface area (TPSA) is 134 Å². The number of aliphatic hydroxyl groups excluding tert-OH is 4. The molecule has 0 aromatic heterocycles. The van der Waals surface area contributed by atoms with E-state index in [-0.39, 0.29) is 30.3 Å². The van der Waals surface area contributed by atoms with E-state index in [1.807, 2.05) is 56.3 Å². The zero-order valence-electron chi connectivity index (χ0n) is 22.8. The van der Waals surface area contributed by atoms with Gasteiger partial charge in [-0.25, -0.2) is 0 Å². The summed E-state index contributed by atoms with van der Waals surface area (Å²) in [6.07, 6.45) is 7.20. The van der Waals surface area contributed by atoms with Crippen molar-refractivity contribution in [3.05, 3.63) is 48.0 Å². The highest BCUT2D eigenvalue weighted by Gasteiger charge is 2.44. The smallest absolute Gasteiger partial charge is 0.313 e. The van der Waals surface area contributed by atoms with E-state index in [0.717, 1.165) is 12.0 Å². The Kier molecular flexibility index (Phi) is 14.6. The molecule has 214 valence electrons. The van der Waals surface area contributed by atoms with Gasteiger partial charge in [0.2, 0.25) is 0 Å². The van der Waals surface area contributed by atoms with Crippen molar-refractivity contribution in [1.82, 2.24) is 0 Å². The molecule has 1 aromatic carbocycles. The Morgan fingerprint density at radius 1 is 1.05 bits per heavy atom. The minimum absolute atomic E-state index is 0.122. The molecular formula is C30H46O8. The van der Waals surface area contributed by atoms with Gasteiger partial charge in [-0.2, -0.15) is 0 Å². The third-order valence-electron chi connectivity index (χ3n) is 7.17. The van der Waals surface area contributed by atoms with E-state index in [1.54, 1.807) is 0 Å². The van der Waals surface area contributed by atoms with Crippen LogP contribution >= 0.6 is 0 Å². The summed E-state index contributed by atoms with van der Waals surface area (Å²) in [5.41, 5.74) is 1.16. The van der Waals surface area contributed by atoms with E-state index in [2.05, 4.69) is 0 Å². The summed E-state index contributed by atoms with van der Waals surface area (Å²) >= 11 is 0. The maximum Gasteiger partial charge on any atom is 0.313 e. The molecule has 1 saturated carbocycles. The van der Waals surface area contributed by atoms with Gasteiger partial charge in [-0.15, -0.1) is 0 Å². The number of allylic oxidation sites excluding steroid dienone is 2. The number of esters is 2. The van der Waals surface area contributed by atoms with Crippen molar-refractivity contribution in [1.29, 1.82) is 0 Å². The second-order valence-electron chi connectivity index (χ2n) is 10.6. The van der Waals surface area contributed by atoms with Crippen LogP contribution in [0, 0.1) is 17.8 Å². The maximum atomic E-state index is 12.4. The summed E-state index contributed by atoms with van der Waals surface area (Å²) < 4.78 is 10.8. The number of aryl methyl sites for hydroxylation is 1. The molecule has 1 aliphatic rings. The predicted molar refractivity (Wildman–Crippen MR) is 144 cm³/mol. The fourth-order valence-electron chi connectivity index (χ4n) is 5.03. The van der Waals surface area contributed by atoms with E-state index in [4.69, 9.17) is 9.47 Å². The van der Waals surface area contributed by atoms with Gasteiger partial charge in [0.15, 0.2) is 0 Å². The normalized spacial score (nSPS) is 22.3. The van der Waals surface area contributed by atoms with Gasteiger partial charge in [-0.1, -0.05) is 42.5 Å². The third kappa shape index (κ3) is 11.2. The number of unbranched alkanes of at least 4 members (excludes halogenated alkanes) is 1. The van der Waals surface area contributed by atoms with Gasteiger partial charge in [0.05, 0.1) is 31.5 Å². The second kappa shape index (κ2) is 17.4. The zero-order chi connectivity index (χ0) is 27.9. The first kappa shape index (κ1) is 32.0. The van der Waals surface area contributed by atoms with Crippen molar-refractivity contribution in [3.63, 3.8) is 0 Å². The Morgan fingerprint density at radius 3 is 2.42 bits per heavy atom. The SMILES string of the molecule is CC(C)OC(=O)CCCC=CC[C@@H]1[C@@H](CCC(O)CCc2ccccc2)[C@H](OC(=O)C(CO)CO)C[C@@H]1O. The van der Waals surface area contributed by atoms with Crippen LogP contribution in [0.25, 0.3) is 0 Å². The average Bonchev–Trinajstić information content (AvgIpc) is 3.17. The molecule has 8 nitrogen and oxygen atoms in total. The number of carbonyl (C=O) groups is 2. The molecule has 1 aromatic rings. The molecule has 0 radical (unpaired) electrons. The quantitative estimate of drug-likeness (QED) is 0.136. The zero-order valence-corrected chi connectivity index (χ0v) is 22.8. The fraction of sp³-hybridized carbons (Fsp3) is 0.667. The first-order valence-electron chi connectivity index (χ1n) is 13.9. The Bertz CT molecular complexity index is 836. The number of carbonyl (C=O) groups excluding carboxylic acids is 2. The van der Waals surface area contributed by atoms with Crippen molar-refractivity contribution in [3.8, 4) is 0 Å². The summed E-state index contributed by atoms with van der Waals surface area (Å²) in [5, 5.41) is 40.2. The lowest BCUT2D eigenvalue weighted by atomic mass is 9.85. The number of aliphatic hydroxyl groups is 4. The van der Waals surface area contributed by atoms with E-state index in [1.165, 1.54) is 0 Å². The van der Waals surface area contributed by atoms with Crippen LogP contribution in [-0.4, -0.2) is 70.0 Å². The lowest BCUT2D eigenvalue weighted by molar-refractivity contribution is -0.159. The first-order chi connectivity index (χ1) is 18.2. The molecule has 8 heteroatoms. The summed E-state index contributed by atoms with van der Waals surface area (Å²) in [6, 6.07) is 9.97. The Labute approximate surface area is 226 Å².